The van der Waals surface area contributed by atoms with E-state index < -0.39 is 0 Å². The van der Waals surface area contributed by atoms with Gasteiger partial charge >= 0.3 is 5.97 Å². The van der Waals surface area contributed by atoms with Crippen molar-refractivity contribution in [1.29, 1.82) is 0 Å². The van der Waals surface area contributed by atoms with Gasteiger partial charge in [0, 0.05) is 22.9 Å². The summed E-state index contributed by atoms with van der Waals surface area (Å²) in [6.07, 6.45) is 0. The van der Waals surface area contributed by atoms with Gasteiger partial charge in [-0.3, -0.25) is 0 Å². The Kier molecular flexibility index (Phi) is 7.94. The number of anilines is 1. The minimum absolute atomic E-state index is 0.330. The van der Waals surface area contributed by atoms with Crippen LogP contribution in [-0.2, 0) is 4.74 Å². The predicted octanol–water partition coefficient (Wildman–Crippen LogP) is 4.56. The maximum Gasteiger partial charge on any atom is 0.338 e. The molecule has 0 unspecified atom stereocenters. The van der Waals surface area contributed by atoms with E-state index in [1.165, 1.54) is 10.5 Å². The minimum atomic E-state index is -0.330. The maximum absolute atomic E-state index is 11.9. The Morgan fingerprint density at radius 1 is 1.15 bits per heavy atom. The number of carbonyl (C=O) groups excluding carboxylic acids is 1. The van der Waals surface area contributed by atoms with Gasteiger partial charge < -0.3 is 15.4 Å². The average Bonchev–Trinajstić information content (AvgIpc) is 2.62. The highest BCUT2D eigenvalue weighted by atomic mass is 32.2. The molecule has 0 bridgehead atoms. The number of thioether (sulfide) groups is 1. The number of benzene rings is 2. The Hall–Kier alpha value is -2.05. The lowest BCUT2D eigenvalue weighted by atomic mass is 10.1. The van der Waals surface area contributed by atoms with Crippen molar-refractivity contribution in [1.82, 2.24) is 5.32 Å². The number of aryl methyl sites for hydroxylation is 2. The van der Waals surface area contributed by atoms with Crippen LogP contribution in [0, 0.1) is 13.8 Å². The maximum atomic E-state index is 11.9. The quantitative estimate of drug-likeness (QED) is 0.314. The molecule has 0 radical (unpaired) electrons. The fourth-order valence-electron chi connectivity index (χ4n) is 2.23. The van der Waals surface area contributed by atoms with E-state index in [4.69, 9.17) is 17.0 Å². The zero-order chi connectivity index (χ0) is 18.9. The summed E-state index contributed by atoms with van der Waals surface area (Å²) in [5.74, 6) is 0.580. The van der Waals surface area contributed by atoms with E-state index in [1.807, 2.05) is 13.0 Å². The summed E-state index contributed by atoms with van der Waals surface area (Å²) < 4.78 is 5.04. The molecule has 0 amide bonds. The second-order valence-corrected chi connectivity index (χ2v) is 7.37. The molecule has 26 heavy (non-hydrogen) atoms. The zero-order valence-corrected chi connectivity index (χ0v) is 16.9. The third-order valence-electron chi connectivity index (χ3n) is 3.67. The predicted molar refractivity (Wildman–Crippen MR) is 113 cm³/mol. The number of carbonyl (C=O) groups is 1. The molecule has 0 spiro atoms. The second-order valence-electron chi connectivity index (χ2n) is 5.79. The van der Waals surface area contributed by atoms with E-state index in [1.54, 1.807) is 30.8 Å². The van der Waals surface area contributed by atoms with E-state index in [0.717, 1.165) is 23.5 Å². The highest BCUT2D eigenvalue weighted by Crippen LogP contribution is 2.19. The lowest BCUT2D eigenvalue weighted by Crippen LogP contribution is -2.30. The van der Waals surface area contributed by atoms with Crippen LogP contribution in [0.2, 0.25) is 0 Å². The molecule has 0 aliphatic rings. The fraction of sp³-hybridized carbons (Fsp3) is 0.300. The lowest BCUT2D eigenvalue weighted by Gasteiger charge is -2.13. The topological polar surface area (TPSA) is 50.4 Å². The number of hydrogen-bond acceptors (Lipinski definition) is 4. The number of rotatable bonds is 7. The van der Waals surface area contributed by atoms with Crippen LogP contribution in [0.3, 0.4) is 0 Å². The highest BCUT2D eigenvalue weighted by molar-refractivity contribution is 7.99. The molecule has 2 rings (SSSR count). The summed E-state index contributed by atoms with van der Waals surface area (Å²) in [5, 5.41) is 6.89. The smallest absolute Gasteiger partial charge is 0.338 e. The van der Waals surface area contributed by atoms with Gasteiger partial charge in [0.1, 0.15) is 0 Å². The fourth-order valence-corrected chi connectivity index (χ4v) is 3.21. The van der Waals surface area contributed by atoms with Crippen molar-refractivity contribution < 1.29 is 9.53 Å². The van der Waals surface area contributed by atoms with Gasteiger partial charge in [-0.05, 0) is 62.8 Å². The molecule has 4 nitrogen and oxygen atoms in total. The van der Waals surface area contributed by atoms with Crippen molar-refractivity contribution in [2.24, 2.45) is 0 Å². The Bertz CT molecular complexity index is 761. The van der Waals surface area contributed by atoms with Crippen LogP contribution in [0.1, 0.15) is 28.4 Å². The number of hydrogen-bond donors (Lipinski definition) is 2. The van der Waals surface area contributed by atoms with Crippen molar-refractivity contribution in [3.8, 4) is 0 Å². The van der Waals surface area contributed by atoms with Crippen molar-refractivity contribution in [3.63, 3.8) is 0 Å². The molecule has 0 heterocycles. The zero-order valence-electron chi connectivity index (χ0n) is 15.3. The lowest BCUT2D eigenvalue weighted by molar-refractivity contribution is 0.0526. The molecule has 138 valence electrons. The van der Waals surface area contributed by atoms with Crippen LogP contribution in [-0.4, -0.2) is 30.0 Å². The van der Waals surface area contributed by atoms with E-state index >= 15 is 0 Å². The van der Waals surface area contributed by atoms with Gasteiger partial charge in [-0.15, -0.1) is 11.8 Å². The first-order valence-corrected chi connectivity index (χ1v) is 9.91. The van der Waals surface area contributed by atoms with Crippen LogP contribution in [0.15, 0.2) is 47.4 Å². The van der Waals surface area contributed by atoms with Crippen molar-refractivity contribution in [3.05, 3.63) is 59.2 Å². The molecule has 6 heteroatoms. The van der Waals surface area contributed by atoms with E-state index in [2.05, 4.69) is 41.8 Å². The highest BCUT2D eigenvalue weighted by Gasteiger charge is 2.09. The molecule has 0 aliphatic carbocycles. The third kappa shape index (κ3) is 6.35. The van der Waals surface area contributed by atoms with Crippen LogP contribution in [0.25, 0.3) is 0 Å². The normalized spacial score (nSPS) is 10.3. The molecule has 0 atom stereocenters. The van der Waals surface area contributed by atoms with Gasteiger partial charge in [0.2, 0.25) is 0 Å². The van der Waals surface area contributed by atoms with Gasteiger partial charge in [0.15, 0.2) is 5.11 Å². The SMILES string of the molecule is CCOC(=O)c1ccc(C)c(NC(=S)NCCSc2ccc(C)cc2)c1. The first kappa shape index (κ1) is 20.3. The number of nitrogens with one attached hydrogen (secondary N) is 2. The standard InChI is InChI=1S/C20H24N2O2S2/c1-4-24-19(23)16-8-7-15(3)18(13-16)22-20(25)21-11-12-26-17-9-5-14(2)6-10-17/h5-10,13H,4,11-12H2,1-3H3,(H2,21,22,25). The first-order chi connectivity index (χ1) is 12.5. The van der Waals surface area contributed by atoms with Gasteiger partial charge in [0.25, 0.3) is 0 Å². The summed E-state index contributed by atoms with van der Waals surface area (Å²) in [7, 11) is 0. The molecule has 2 aromatic rings. The Balaban J connectivity index is 1.82. The molecule has 0 saturated carbocycles. The first-order valence-electron chi connectivity index (χ1n) is 8.51. The summed E-state index contributed by atoms with van der Waals surface area (Å²) in [6.45, 7) is 6.94. The molecular formula is C20H24N2O2S2. The van der Waals surface area contributed by atoms with Crippen LogP contribution in [0.4, 0.5) is 5.69 Å². The third-order valence-corrected chi connectivity index (χ3v) is 4.93. The van der Waals surface area contributed by atoms with Crippen molar-refractivity contribution in [2.45, 2.75) is 25.7 Å². The van der Waals surface area contributed by atoms with Crippen LogP contribution < -0.4 is 10.6 Å². The van der Waals surface area contributed by atoms with Crippen molar-refractivity contribution >= 4 is 40.7 Å². The molecule has 2 aromatic carbocycles. The Morgan fingerprint density at radius 2 is 1.88 bits per heavy atom. The summed E-state index contributed by atoms with van der Waals surface area (Å²) in [6, 6.07) is 13.9. The molecule has 0 aliphatic heterocycles. The number of thiocarbonyl (C=S) groups is 1. The second kappa shape index (κ2) is 10.2. The summed E-state index contributed by atoms with van der Waals surface area (Å²) >= 11 is 7.14. The van der Waals surface area contributed by atoms with E-state index in [-0.39, 0.29) is 5.97 Å². The minimum Gasteiger partial charge on any atom is -0.462 e. The average molecular weight is 389 g/mol. The molecule has 0 fully saturated rings. The largest absolute Gasteiger partial charge is 0.462 e. The van der Waals surface area contributed by atoms with Crippen LogP contribution in [0.5, 0.6) is 0 Å². The molecule has 2 N–H and O–H groups in total. The van der Waals surface area contributed by atoms with Gasteiger partial charge in [-0.25, -0.2) is 4.79 Å². The molecule has 0 saturated heterocycles. The van der Waals surface area contributed by atoms with Crippen LogP contribution >= 0.6 is 24.0 Å². The van der Waals surface area contributed by atoms with E-state index in [0.29, 0.717) is 17.3 Å². The summed E-state index contributed by atoms with van der Waals surface area (Å²) in [4.78, 5) is 13.1. The Morgan fingerprint density at radius 3 is 2.58 bits per heavy atom. The van der Waals surface area contributed by atoms with E-state index in [9.17, 15) is 4.79 Å². The van der Waals surface area contributed by atoms with Crippen molar-refractivity contribution in [2.75, 3.05) is 24.2 Å². The molecule has 0 aromatic heterocycles. The monoisotopic (exact) mass is 388 g/mol. The Labute approximate surface area is 164 Å². The molecular weight excluding hydrogens is 364 g/mol. The number of ether oxygens (including phenoxy) is 1. The van der Waals surface area contributed by atoms with Gasteiger partial charge in [-0.1, -0.05) is 23.8 Å². The summed E-state index contributed by atoms with van der Waals surface area (Å²) in [5.41, 5.74) is 3.59. The van der Waals surface area contributed by atoms with Gasteiger partial charge in [0.05, 0.1) is 12.2 Å². The van der Waals surface area contributed by atoms with Gasteiger partial charge in [-0.2, -0.15) is 0 Å². The number of esters is 1.